The van der Waals surface area contributed by atoms with Crippen molar-refractivity contribution in [3.8, 4) is 0 Å². The Balaban J connectivity index is 1.91. The van der Waals surface area contributed by atoms with Crippen molar-refractivity contribution in [2.24, 2.45) is 0 Å². The van der Waals surface area contributed by atoms with Crippen LogP contribution in [0, 0.1) is 0 Å². The van der Waals surface area contributed by atoms with Crippen molar-refractivity contribution in [2.75, 3.05) is 52.4 Å². The molecule has 2 aliphatic heterocycles. The first kappa shape index (κ1) is 14.3. The standard InChI is InChI=1S/C16H34N2/c1-3-17(11-7-5-8-12-17)15-16-18(4-2)13-9-6-10-14-18/h3-16H2,1-2H3/q+2. The van der Waals surface area contributed by atoms with E-state index in [4.69, 9.17) is 0 Å². The Hall–Kier alpha value is -0.0800. The summed E-state index contributed by atoms with van der Waals surface area (Å²) in [5.41, 5.74) is 0. The van der Waals surface area contributed by atoms with Crippen LogP contribution in [0.2, 0.25) is 0 Å². The monoisotopic (exact) mass is 254 g/mol. The van der Waals surface area contributed by atoms with E-state index in [1.807, 2.05) is 0 Å². The van der Waals surface area contributed by atoms with E-state index < -0.39 is 0 Å². The number of likely N-dealkylation sites (tertiary alicyclic amines) is 2. The molecule has 0 aromatic rings. The SMILES string of the molecule is CC[N+]1(CC[N+]2(CC)CCCCC2)CCCCC1. The molecular formula is C16H34N2+2. The fourth-order valence-electron chi connectivity index (χ4n) is 4.19. The van der Waals surface area contributed by atoms with Gasteiger partial charge in [0.1, 0.15) is 13.1 Å². The summed E-state index contributed by atoms with van der Waals surface area (Å²) in [6.07, 6.45) is 8.85. The second-order valence-electron chi connectivity index (χ2n) is 6.78. The molecule has 106 valence electrons. The highest BCUT2D eigenvalue weighted by Gasteiger charge is 2.34. The molecule has 2 rings (SSSR count). The molecule has 0 aliphatic carbocycles. The topological polar surface area (TPSA) is 0 Å². The highest BCUT2D eigenvalue weighted by Crippen LogP contribution is 2.23. The maximum Gasteiger partial charge on any atom is 0.128 e. The minimum atomic E-state index is 1.36. The van der Waals surface area contributed by atoms with Gasteiger partial charge in [0.25, 0.3) is 0 Å². The summed E-state index contributed by atoms with van der Waals surface area (Å²) < 4.78 is 2.86. The first-order valence-corrected chi connectivity index (χ1v) is 8.44. The lowest BCUT2D eigenvalue weighted by Gasteiger charge is -2.46. The molecule has 0 amide bonds. The van der Waals surface area contributed by atoms with Crippen molar-refractivity contribution in [3.63, 3.8) is 0 Å². The number of likely N-dealkylation sites (N-methyl/N-ethyl adjacent to an activating group) is 2. The highest BCUT2D eigenvalue weighted by molar-refractivity contribution is 4.57. The Morgan fingerprint density at radius 2 is 0.889 bits per heavy atom. The second kappa shape index (κ2) is 6.38. The Labute approximate surface area is 114 Å². The van der Waals surface area contributed by atoms with E-state index in [0.717, 1.165) is 0 Å². The number of hydrogen-bond donors (Lipinski definition) is 0. The zero-order valence-electron chi connectivity index (χ0n) is 12.8. The molecule has 18 heavy (non-hydrogen) atoms. The third kappa shape index (κ3) is 3.27. The van der Waals surface area contributed by atoms with Crippen molar-refractivity contribution in [2.45, 2.75) is 52.4 Å². The second-order valence-corrected chi connectivity index (χ2v) is 6.78. The fourth-order valence-corrected chi connectivity index (χ4v) is 4.19. The number of piperidine rings is 2. The highest BCUT2D eigenvalue weighted by atomic mass is 15.4. The van der Waals surface area contributed by atoms with Gasteiger partial charge in [-0.25, -0.2) is 0 Å². The molecule has 2 heterocycles. The molecule has 2 fully saturated rings. The van der Waals surface area contributed by atoms with Gasteiger partial charge >= 0.3 is 0 Å². The fraction of sp³-hybridized carbons (Fsp3) is 1.00. The maximum atomic E-state index is 2.41. The smallest absolute Gasteiger partial charge is 0.128 e. The van der Waals surface area contributed by atoms with Gasteiger partial charge in [-0.2, -0.15) is 0 Å². The number of quaternary nitrogens is 2. The molecule has 2 heteroatoms. The van der Waals surface area contributed by atoms with Crippen molar-refractivity contribution in [3.05, 3.63) is 0 Å². The Bertz CT molecular complexity index is 211. The van der Waals surface area contributed by atoms with E-state index >= 15 is 0 Å². The van der Waals surface area contributed by atoms with Crippen LogP contribution in [-0.4, -0.2) is 61.3 Å². The van der Waals surface area contributed by atoms with Gasteiger partial charge in [0.2, 0.25) is 0 Å². The molecule has 0 atom stereocenters. The van der Waals surface area contributed by atoms with Crippen molar-refractivity contribution in [1.29, 1.82) is 0 Å². The maximum absolute atomic E-state index is 2.41. The van der Waals surface area contributed by atoms with Crippen molar-refractivity contribution in [1.82, 2.24) is 0 Å². The molecule has 0 radical (unpaired) electrons. The van der Waals surface area contributed by atoms with Crippen LogP contribution in [-0.2, 0) is 0 Å². The summed E-state index contributed by atoms with van der Waals surface area (Å²) in [6, 6.07) is 0. The van der Waals surface area contributed by atoms with Gasteiger partial charge in [-0.15, -0.1) is 0 Å². The summed E-state index contributed by atoms with van der Waals surface area (Å²) in [7, 11) is 0. The van der Waals surface area contributed by atoms with E-state index in [9.17, 15) is 0 Å². The van der Waals surface area contributed by atoms with E-state index in [0.29, 0.717) is 0 Å². The molecule has 0 aromatic carbocycles. The summed E-state index contributed by atoms with van der Waals surface area (Å²) in [6.45, 7) is 16.3. The zero-order chi connectivity index (χ0) is 12.9. The third-order valence-corrected chi connectivity index (χ3v) is 5.92. The van der Waals surface area contributed by atoms with Crippen LogP contribution in [0.3, 0.4) is 0 Å². The molecule has 2 saturated heterocycles. The quantitative estimate of drug-likeness (QED) is 0.662. The Kier molecular flexibility index (Phi) is 5.08. The van der Waals surface area contributed by atoms with Crippen LogP contribution in [0.5, 0.6) is 0 Å². The molecule has 2 aliphatic rings. The lowest BCUT2D eigenvalue weighted by Crippen LogP contribution is -2.60. The predicted octanol–water partition coefficient (Wildman–Crippen LogP) is 3.03. The van der Waals surface area contributed by atoms with Gasteiger partial charge in [0.15, 0.2) is 0 Å². The lowest BCUT2D eigenvalue weighted by molar-refractivity contribution is -0.983. The largest absolute Gasteiger partial charge is 0.319 e. The van der Waals surface area contributed by atoms with E-state index in [2.05, 4.69) is 13.8 Å². The molecule has 0 N–H and O–H groups in total. The minimum Gasteiger partial charge on any atom is -0.319 e. The molecule has 2 nitrogen and oxygen atoms in total. The normalized spacial score (nSPS) is 27.0. The van der Waals surface area contributed by atoms with Gasteiger partial charge in [0, 0.05) is 0 Å². The van der Waals surface area contributed by atoms with Crippen molar-refractivity contribution < 1.29 is 8.97 Å². The van der Waals surface area contributed by atoms with E-state index in [-0.39, 0.29) is 0 Å². The summed E-state index contributed by atoms with van der Waals surface area (Å²) in [5, 5.41) is 0. The molecule has 0 spiro atoms. The summed E-state index contributed by atoms with van der Waals surface area (Å²) in [4.78, 5) is 0. The molecule has 0 aromatic heterocycles. The van der Waals surface area contributed by atoms with Crippen LogP contribution in [0.4, 0.5) is 0 Å². The first-order chi connectivity index (χ1) is 8.74. The predicted molar refractivity (Wildman–Crippen MR) is 78.5 cm³/mol. The van der Waals surface area contributed by atoms with E-state index in [1.54, 1.807) is 0 Å². The average Bonchev–Trinajstić information content (AvgIpc) is 2.47. The third-order valence-electron chi connectivity index (χ3n) is 5.92. The van der Waals surface area contributed by atoms with Gasteiger partial charge in [0.05, 0.1) is 39.3 Å². The minimum absolute atomic E-state index is 1.36. The number of nitrogens with zero attached hydrogens (tertiary/aromatic N) is 2. The van der Waals surface area contributed by atoms with Gasteiger partial charge in [-0.1, -0.05) is 0 Å². The number of hydrogen-bond acceptors (Lipinski definition) is 0. The number of rotatable bonds is 5. The summed E-state index contributed by atoms with van der Waals surface area (Å²) in [5.74, 6) is 0. The van der Waals surface area contributed by atoms with Crippen LogP contribution < -0.4 is 0 Å². The van der Waals surface area contributed by atoms with Crippen LogP contribution in [0.25, 0.3) is 0 Å². The zero-order valence-corrected chi connectivity index (χ0v) is 12.8. The first-order valence-electron chi connectivity index (χ1n) is 8.44. The van der Waals surface area contributed by atoms with Gasteiger partial charge in [-0.05, 0) is 52.4 Å². The molecular weight excluding hydrogens is 220 g/mol. The van der Waals surface area contributed by atoms with Crippen molar-refractivity contribution >= 4 is 0 Å². The Morgan fingerprint density at radius 1 is 0.556 bits per heavy atom. The average molecular weight is 254 g/mol. The van der Waals surface area contributed by atoms with Gasteiger partial charge in [-0.3, -0.25) is 0 Å². The van der Waals surface area contributed by atoms with E-state index in [1.165, 1.54) is 99.8 Å². The summed E-state index contributed by atoms with van der Waals surface area (Å²) >= 11 is 0. The molecule has 0 unspecified atom stereocenters. The van der Waals surface area contributed by atoms with Crippen LogP contribution in [0.1, 0.15) is 52.4 Å². The lowest BCUT2D eigenvalue weighted by atomic mass is 10.1. The molecule has 0 saturated carbocycles. The van der Waals surface area contributed by atoms with Crippen LogP contribution >= 0.6 is 0 Å². The Morgan fingerprint density at radius 3 is 1.17 bits per heavy atom. The van der Waals surface area contributed by atoms with Gasteiger partial charge < -0.3 is 8.97 Å². The molecule has 0 bridgehead atoms. The van der Waals surface area contributed by atoms with Crippen LogP contribution in [0.15, 0.2) is 0 Å².